The van der Waals surface area contributed by atoms with Gasteiger partial charge < -0.3 is 20.4 Å². The summed E-state index contributed by atoms with van der Waals surface area (Å²) in [6, 6.07) is 21.4. The van der Waals surface area contributed by atoms with Crippen molar-refractivity contribution in [3.63, 3.8) is 0 Å². The summed E-state index contributed by atoms with van der Waals surface area (Å²) in [5.41, 5.74) is 5.90. The molecule has 6 aromatic carbocycles. The Labute approximate surface area is 340 Å². The molecule has 0 atom stereocenters. The van der Waals surface area contributed by atoms with Crippen LogP contribution in [0.25, 0.3) is 0 Å². The highest BCUT2D eigenvalue weighted by molar-refractivity contribution is 6.41. The fourth-order valence-electron chi connectivity index (χ4n) is 7.27. The van der Waals surface area contributed by atoms with Crippen molar-refractivity contribution in [2.75, 3.05) is 0 Å². The number of aromatic hydroxyl groups is 4. The van der Waals surface area contributed by atoms with Crippen molar-refractivity contribution < 1.29 is 49.2 Å². The van der Waals surface area contributed by atoms with E-state index in [1.54, 1.807) is 44.2 Å². The summed E-state index contributed by atoms with van der Waals surface area (Å²) in [4.78, 5) is 74.5. The van der Waals surface area contributed by atoms with E-state index in [9.17, 15) is 49.2 Å². The lowest BCUT2D eigenvalue weighted by atomic mass is 9.80. The molecule has 4 N–H and O–H groups in total. The van der Waals surface area contributed by atoms with Gasteiger partial charge in [0.05, 0.1) is 16.1 Å². The summed E-state index contributed by atoms with van der Waals surface area (Å²) < 4.78 is 0. The maximum absolute atomic E-state index is 12.7. The molecule has 9 rings (SSSR count). The molecular formula is C46H30Cl2O10. The Morgan fingerprint density at radius 1 is 0.362 bits per heavy atom. The molecule has 0 bridgehead atoms. The number of carbonyl (C=O) groups is 6. The Morgan fingerprint density at radius 2 is 0.776 bits per heavy atom. The van der Waals surface area contributed by atoms with Crippen molar-refractivity contribution in [3.05, 3.63) is 184 Å². The first-order valence-corrected chi connectivity index (χ1v) is 18.4. The Balaban J connectivity index is 0.000000133. The standard InChI is InChI=1S/C16H10Cl2O4.2C15H10O3/c1-5-3-7-10(6(2)13(5)17)16(22)11-8(19)4-9(20)14(18)12(11)15(7)21;1-8-2-4-10-12(6-8)14(17)11-5-3-9(16)7-13(11)15(10)18;1-8-2-4-10-12(6-8)15(18)13-7-9(16)3-5-11(13)14(10)17/h3-4,19-20H,1-2H3;2*2-7,16H,1H3. The van der Waals surface area contributed by atoms with Crippen LogP contribution in [0.5, 0.6) is 23.0 Å². The Morgan fingerprint density at radius 3 is 1.26 bits per heavy atom. The van der Waals surface area contributed by atoms with Gasteiger partial charge in [-0.15, -0.1) is 0 Å². The second-order valence-electron chi connectivity index (χ2n) is 14.1. The molecule has 0 saturated heterocycles. The van der Waals surface area contributed by atoms with Crippen LogP contribution in [0.3, 0.4) is 0 Å². The largest absolute Gasteiger partial charge is 0.508 e. The highest BCUT2D eigenvalue weighted by Gasteiger charge is 2.37. The highest BCUT2D eigenvalue weighted by atomic mass is 35.5. The van der Waals surface area contributed by atoms with Crippen LogP contribution in [-0.2, 0) is 0 Å². The lowest BCUT2D eigenvalue weighted by Gasteiger charge is -2.22. The number of carbonyl (C=O) groups excluding carboxylic acids is 6. The van der Waals surface area contributed by atoms with Gasteiger partial charge in [0.25, 0.3) is 0 Å². The van der Waals surface area contributed by atoms with E-state index in [1.807, 2.05) is 19.9 Å². The zero-order valence-electron chi connectivity index (χ0n) is 31.1. The summed E-state index contributed by atoms with van der Waals surface area (Å²) in [7, 11) is 0. The van der Waals surface area contributed by atoms with Crippen LogP contribution in [0.15, 0.2) is 84.9 Å². The molecular weight excluding hydrogens is 783 g/mol. The SMILES string of the molecule is Cc1cc2c(c(C)c1Cl)C(=O)c1c(O)cc(O)c(Cl)c1C2=O.Cc1ccc2c(c1)C(=O)c1cc(O)ccc1C2=O.Cc1ccc2c(c1)C(=O)c1ccc(O)cc1C2=O. The van der Waals surface area contributed by atoms with Crippen LogP contribution in [0, 0.1) is 27.7 Å². The Bertz CT molecular complexity index is 2780. The summed E-state index contributed by atoms with van der Waals surface area (Å²) in [5, 5.41) is 38.7. The molecule has 58 heavy (non-hydrogen) atoms. The molecule has 0 unspecified atom stereocenters. The zero-order chi connectivity index (χ0) is 42.1. The van der Waals surface area contributed by atoms with Crippen LogP contribution in [0.4, 0.5) is 0 Å². The quantitative estimate of drug-likeness (QED) is 0.115. The van der Waals surface area contributed by atoms with Gasteiger partial charge in [-0.1, -0.05) is 58.6 Å². The molecule has 0 fully saturated rings. The molecule has 0 amide bonds. The molecule has 0 radical (unpaired) electrons. The summed E-state index contributed by atoms with van der Waals surface area (Å²) >= 11 is 12.1. The third kappa shape index (κ3) is 6.42. The van der Waals surface area contributed by atoms with E-state index in [2.05, 4.69) is 0 Å². The van der Waals surface area contributed by atoms with Gasteiger partial charge in [0.15, 0.2) is 34.7 Å². The second-order valence-corrected chi connectivity index (χ2v) is 14.8. The maximum atomic E-state index is 12.7. The smallest absolute Gasteiger partial charge is 0.198 e. The number of aryl methyl sites for hydroxylation is 3. The normalized spacial score (nSPS) is 13.1. The van der Waals surface area contributed by atoms with Gasteiger partial charge in [0, 0.05) is 66.7 Å². The Kier molecular flexibility index (Phi) is 9.88. The van der Waals surface area contributed by atoms with Gasteiger partial charge in [0.2, 0.25) is 0 Å². The van der Waals surface area contributed by atoms with Crippen LogP contribution in [0.1, 0.15) is 118 Å². The molecule has 0 spiro atoms. The lowest BCUT2D eigenvalue weighted by Crippen LogP contribution is -2.23. The van der Waals surface area contributed by atoms with E-state index in [-0.39, 0.29) is 73.0 Å². The first-order chi connectivity index (χ1) is 27.4. The van der Waals surface area contributed by atoms with Crippen molar-refractivity contribution in [1.82, 2.24) is 0 Å². The lowest BCUT2D eigenvalue weighted by molar-refractivity contribution is 0.0976. The van der Waals surface area contributed by atoms with E-state index < -0.39 is 23.1 Å². The summed E-state index contributed by atoms with van der Waals surface area (Å²) in [6.45, 7) is 7.12. The number of halogens is 2. The van der Waals surface area contributed by atoms with Crippen molar-refractivity contribution in [2.45, 2.75) is 27.7 Å². The van der Waals surface area contributed by atoms with Crippen LogP contribution < -0.4 is 0 Å². The van der Waals surface area contributed by atoms with Crippen LogP contribution in [0.2, 0.25) is 10.0 Å². The van der Waals surface area contributed by atoms with Gasteiger partial charge >= 0.3 is 0 Å². The summed E-state index contributed by atoms with van der Waals surface area (Å²) in [6.07, 6.45) is 0. The van der Waals surface area contributed by atoms with E-state index >= 15 is 0 Å². The molecule has 3 aliphatic carbocycles. The number of hydrogen-bond acceptors (Lipinski definition) is 10. The minimum absolute atomic E-state index is 0.00833. The van der Waals surface area contributed by atoms with Crippen molar-refractivity contribution in [2.24, 2.45) is 0 Å². The monoisotopic (exact) mass is 812 g/mol. The van der Waals surface area contributed by atoms with Gasteiger partial charge in [-0.3, -0.25) is 28.8 Å². The minimum atomic E-state index is -0.539. The number of benzene rings is 6. The van der Waals surface area contributed by atoms with Gasteiger partial charge in [-0.2, -0.15) is 0 Å². The molecule has 288 valence electrons. The van der Waals surface area contributed by atoms with E-state index in [4.69, 9.17) is 23.2 Å². The first-order valence-electron chi connectivity index (χ1n) is 17.6. The third-order valence-electron chi connectivity index (χ3n) is 10.1. The average molecular weight is 814 g/mol. The number of phenolic OH excluding ortho intramolecular Hbond substituents is 4. The molecule has 0 aromatic heterocycles. The maximum Gasteiger partial charge on any atom is 0.198 e. The zero-order valence-corrected chi connectivity index (χ0v) is 32.6. The molecule has 0 aliphatic heterocycles. The van der Waals surface area contributed by atoms with E-state index in [0.717, 1.165) is 17.2 Å². The number of hydrogen-bond donors (Lipinski definition) is 4. The predicted molar refractivity (Wildman–Crippen MR) is 215 cm³/mol. The number of rotatable bonds is 0. The topological polar surface area (TPSA) is 183 Å². The third-order valence-corrected chi connectivity index (χ3v) is 11.1. The fraction of sp³-hybridized carbons (Fsp3) is 0.0870. The van der Waals surface area contributed by atoms with Crippen molar-refractivity contribution in [1.29, 1.82) is 0 Å². The van der Waals surface area contributed by atoms with Crippen LogP contribution in [-0.4, -0.2) is 55.1 Å². The van der Waals surface area contributed by atoms with E-state index in [1.165, 1.54) is 42.5 Å². The van der Waals surface area contributed by atoms with Crippen LogP contribution >= 0.6 is 23.2 Å². The Hall–Kier alpha value is -6.88. The van der Waals surface area contributed by atoms with Crippen molar-refractivity contribution in [3.8, 4) is 23.0 Å². The fourth-order valence-corrected chi connectivity index (χ4v) is 7.65. The predicted octanol–water partition coefficient (Wildman–Crippen LogP) is 8.75. The minimum Gasteiger partial charge on any atom is -0.508 e. The average Bonchev–Trinajstić information content (AvgIpc) is 3.18. The highest BCUT2D eigenvalue weighted by Crippen LogP contribution is 2.43. The van der Waals surface area contributed by atoms with Crippen molar-refractivity contribution >= 4 is 57.9 Å². The van der Waals surface area contributed by atoms with Gasteiger partial charge in [-0.25, -0.2) is 0 Å². The molecule has 0 saturated carbocycles. The molecule has 3 aliphatic rings. The molecule has 6 aromatic rings. The van der Waals surface area contributed by atoms with Gasteiger partial charge in [-0.05, 0) is 93.4 Å². The molecule has 10 nitrogen and oxygen atoms in total. The molecule has 12 heteroatoms. The van der Waals surface area contributed by atoms with E-state index in [0.29, 0.717) is 49.5 Å². The molecule has 0 heterocycles. The summed E-state index contributed by atoms with van der Waals surface area (Å²) in [5.74, 6) is -2.77. The van der Waals surface area contributed by atoms with Gasteiger partial charge in [0.1, 0.15) is 23.0 Å². The number of phenols is 4. The second kappa shape index (κ2) is 14.6. The number of ketones is 6. The first kappa shape index (κ1) is 39.4. The number of fused-ring (bicyclic) bond motifs is 6.